The van der Waals surface area contributed by atoms with Crippen LogP contribution in [0.3, 0.4) is 0 Å². The number of pyridine rings is 1. The number of nitrogens with zero attached hydrogens (tertiary/aromatic N) is 3. The summed E-state index contributed by atoms with van der Waals surface area (Å²) in [6.45, 7) is 18.9. The first-order valence-corrected chi connectivity index (χ1v) is 16.3. The second-order valence-electron chi connectivity index (χ2n) is 14.4. The van der Waals surface area contributed by atoms with Crippen molar-refractivity contribution in [3.05, 3.63) is 41.6 Å². The zero-order valence-electron chi connectivity index (χ0n) is 28.3. The molecule has 4 aliphatic rings. The molecular formula is C34H49BN4O6. The molecule has 0 spiro atoms. The molecule has 0 atom stereocenters. The number of piperidine rings is 1. The summed E-state index contributed by atoms with van der Waals surface area (Å²) < 4.78 is 18.2. The summed E-state index contributed by atoms with van der Waals surface area (Å²) in [7, 11) is -0.696. The fourth-order valence-corrected chi connectivity index (χ4v) is 6.17. The summed E-state index contributed by atoms with van der Waals surface area (Å²) in [5.41, 5.74) is 0.883. The lowest BCUT2D eigenvalue weighted by Crippen LogP contribution is -2.45. The number of carbonyl (C=O) groups is 2. The van der Waals surface area contributed by atoms with Crippen LogP contribution in [0, 0.1) is 5.92 Å². The summed E-state index contributed by atoms with van der Waals surface area (Å²) in [6, 6.07) is 7.59. The molecule has 244 valence electrons. The fraction of sp³-hybridized carbons (Fsp3) is 0.618. The summed E-state index contributed by atoms with van der Waals surface area (Å²) in [6.07, 6.45) is 4.94. The Balaban J connectivity index is 0.00000196. The van der Waals surface area contributed by atoms with E-state index in [2.05, 4.69) is 15.2 Å². The molecule has 10 nitrogen and oxygen atoms in total. The maximum atomic E-state index is 13.8. The Morgan fingerprint density at radius 2 is 1.67 bits per heavy atom. The van der Waals surface area contributed by atoms with Crippen LogP contribution in [0.4, 0.5) is 22.0 Å². The van der Waals surface area contributed by atoms with Crippen LogP contribution >= 0.6 is 0 Å². The SMILES string of the molecule is CC.CC(C)(C)OC(=O)N1Cc2c(B3OC(C)(C)C(C)(C)O3)ccc(Nc3ccc(N4CCC(O)(C5CC5)CC4)cn3)c2C1=O. The number of anilines is 3. The van der Waals surface area contributed by atoms with Crippen molar-refractivity contribution in [1.82, 2.24) is 9.88 Å². The van der Waals surface area contributed by atoms with Gasteiger partial charge in [0.1, 0.15) is 11.4 Å². The average molecular weight is 621 g/mol. The molecule has 1 aromatic heterocycles. The summed E-state index contributed by atoms with van der Waals surface area (Å²) >= 11 is 0. The van der Waals surface area contributed by atoms with Gasteiger partial charge in [-0.15, -0.1) is 0 Å². The molecule has 2 N–H and O–H groups in total. The van der Waals surface area contributed by atoms with Crippen LogP contribution in [0.15, 0.2) is 30.5 Å². The van der Waals surface area contributed by atoms with E-state index in [1.54, 1.807) is 20.8 Å². The molecule has 3 aliphatic heterocycles. The van der Waals surface area contributed by atoms with Crippen molar-refractivity contribution in [2.24, 2.45) is 5.92 Å². The van der Waals surface area contributed by atoms with Gasteiger partial charge >= 0.3 is 13.2 Å². The first-order chi connectivity index (χ1) is 21.1. The molecule has 6 rings (SSSR count). The largest absolute Gasteiger partial charge is 0.495 e. The number of amides is 2. The van der Waals surface area contributed by atoms with Gasteiger partial charge in [-0.3, -0.25) is 4.79 Å². The van der Waals surface area contributed by atoms with E-state index in [0.717, 1.165) is 49.4 Å². The van der Waals surface area contributed by atoms with E-state index < -0.39 is 41.5 Å². The van der Waals surface area contributed by atoms with Crippen molar-refractivity contribution in [3.8, 4) is 0 Å². The number of hydrogen-bond donors (Lipinski definition) is 2. The van der Waals surface area contributed by atoms with Crippen LogP contribution in [0.1, 0.15) is 104 Å². The minimum atomic E-state index is -0.752. The second-order valence-corrected chi connectivity index (χ2v) is 14.4. The van der Waals surface area contributed by atoms with Crippen molar-refractivity contribution >= 4 is 41.8 Å². The predicted molar refractivity (Wildman–Crippen MR) is 176 cm³/mol. The third kappa shape index (κ3) is 6.57. The third-order valence-corrected chi connectivity index (χ3v) is 9.59. The standard InChI is InChI=1S/C32H43BN4O6.C2H6/c1-29(2,3)41-28(39)37-19-22-23(33-42-30(4,5)31(6,7)43-33)11-12-24(26(22)27(37)38)35-25-13-10-21(18-34-25)36-16-14-32(40,15-17-36)20-8-9-20;1-2/h10-13,18,20,40H,8-9,14-17,19H2,1-7H3,(H,34,35);1-2H3. The lowest BCUT2D eigenvalue weighted by atomic mass is 9.74. The molecule has 0 unspecified atom stereocenters. The summed E-state index contributed by atoms with van der Waals surface area (Å²) in [4.78, 5) is 34.9. The van der Waals surface area contributed by atoms with Gasteiger partial charge in [-0.25, -0.2) is 14.7 Å². The molecule has 3 fully saturated rings. The highest BCUT2D eigenvalue weighted by Crippen LogP contribution is 2.45. The first-order valence-electron chi connectivity index (χ1n) is 16.3. The molecule has 45 heavy (non-hydrogen) atoms. The highest BCUT2D eigenvalue weighted by molar-refractivity contribution is 6.63. The van der Waals surface area contributed by atoms with Crippen LogP contribution in [-0.4, -0.2) is 69.6 Å². The molecule has 11 heteroatoms. The molecule has 1 aromatic carbocycles. The van der Waals surface area contributed by atoms with E-state index in [1.807, 2.05) is 72.0 Å². The van der Waals surface area contributed by atoms with E-state index in [4.69, 9.17) is 14.0 Å². The van der Waals surface area contributed by atoms with Crippen molar-refractivity contribution in [2.75, 3.05) is 23.3 Å². The minimum Gasteiger partial charge on any atom is -0.443 e. The Morgan fingerprint density at radius 3 is 2.20 bits per heavy atom. The maximum Gasteiger partial charge on any atom is 0.495 e. The second kappa shape index (κ2) is 11.9. The monoisotopic (exact) mass is 620 g/mol. The van der Waals surface area contributed by atoms with Crippen LogP contribution in [0.25, 0.3) is 0 Å². The Bertz CT molecular complexity index is 1410. The van der Waals surface area contributed by atoms with E-state index in [9.17, 15) is 14.7 Å². The van der Waals surface area contributed by atoms with E-state index in [0.29, 0.717) is 34.0 Å². The smallest absolute Gasteiger partial charge is 0.443 e. The van der Waals surface area contributed by atoms with Crippen LogP contribution in [-0.2, 0) is 20.6 Å². The van der Waals surface area contributed by atoms with Gasteiger partial charge in [-0.1, -0.05) is 19.9 Å². The van der Waals surface area contributed by atoms with E-state index in [-0.39, 0.29) is 6.54 Å². The number of hydrogen-bond acceptors (Lipinski definition) is 9. The number of nitrogens with one attached hydrogen (secondary N) is 1. The number of aromatic nitrogens is 1. The molecule has 2 saturated heterocycles. The number of ether oxygens (including phenoxy) is 1. The van der Waals surface area contributed by atoms with Gasteiger partial charge in [0.05, 0.1) is 46.5 Å². The quantitative estimate of drug-likeness (QED) is 0.402. The highest BCUT2D eigenvalue weighted by Gasteiger charge is 2.53. The van der Waals surface area contributed by atoms with Gasteiger partial charge < -0.3 is 29.4 Å². The van der Waals surface area contributed by atoms with Gasteiger partial charge in [0.25, 0.3) is 5.91 Å². The summed E-state index contributed by atoms with van der Waals surface area (Å²) in [5, 5.41) is 14.2. The normalized spacial score (nSPS) is 21.6. The number of benzene rings is 1. The van der Waals surface area contributed by atoms with Crippen molar-refractivity contribution in [3.63, 3.8) is 0 Å². The van der Waals surface area contributed by atoms with E-state index >= 15 is 0 Å². The third-order valence-electron chi connectivity index (χ3n) is 9.59. The first kappa shape index (κ1) is 33.2. The van der Waals surface area contributed by atoms with Gasteiger partial charge in [-0.2, -0.15) is 0 Å². The molecule has 0 bridgehead atoms. The van der Waals surface area contributed by atoms with Gasteiger partial charge in [0, 0.05) is 13.1 Å². The van der Waals surface area contributed by atoms with Crippen molar-refractivity contribution < 1.29 is 28.7 Å². The topological polar surface area (TPSA) is 113 Å². The Labute approximate surface area is 268 Å². The highest BCUT2D eigenvalue weighted by atomic mass is 16.7. The Kier molecular flexibility index (Phi) is 8.78. The number of fused-ring (bicyclic) bond motifs is 1. The Hall–Kier alpha value is -3.15. The van der Waals surface area contributed by atoms with Crippen LogP contribution in [0.2, 0.25) is 0 Å². The molecule has 1 saturated carbocycles. The number of carbonyl (C=O) groups excluding carboxylic acids is 2. The molecule has 2 aromatic rings. The number of aliphatic hydroxyl groups is 1. The molecule has 4 heterocycles. The minimum absolute atomic E-state index is 0.0482. The molecule has 0 radical (unpaired) electrons. The predicted octanol–water partition coefficient (Wildman–Crippen LogP) is 5.78. The van der Waals surface area contributed by atoms with Gasteiger partial charge in [-0.05, 0) is 109 Å². The van der Waals surface area contributed by atoms with Crippen LogP contribution in [0.5, 0.6) is 0 Å². The molecular weight excluding hydrogens is 571 g/mol. The van der Waals surface area contributed by atoms with Crippen molar-refractivity contribution in [1.29, 1.82) is 0 Å². The fourth-order valence-electron chi connectivity index (χ4n) is 6.17. The number of rotatable bonds is 5. The average Bonchev–Trinajstić information content (AvgIpc) is 3.73. The van der Waals surface area contributed by atoms with Gasteiger partial charge in [0.2, 0.25) is 0 Å². The van der Waals surface area contributed by atoms with E-state index in [1.165, 1.54) is 0 Å². The molecule has 2 amide bonds. The lowest BCUT2D eigenvalue weighted by Gasteiger charge is -2.39. The van der Waals surface area contributed by atoms with Crippen molar-refractivity contribution in [2.45, 2.75) is 117 Å². The van der Waals surface area contributed by atoms with Gasteiger partial charge in [0.15, 0.2) is 0 Å². The van der Waals surface area contributed by atoms with Crippen LogP contribution < -0.4 is 15.7 Å². The zero-order valence-corrected chi connectivity index (χ0v) is 28.3. The lowest BCUT2D eigenvalue weighted by molar-refractivity contribution is -0.00533. The Morgan fingerprint density at radius 1 is 1.04 bits per heavy atom. The zero-order chi connectivity index (χ0) is 32.9. The number of imide groups is 1. The molecule has 1 aliphatic carbocycles. The summed E-state index contributed by atoms with van der Waals surface area (Å²) in [5.74, 6) is 0.591. The maximum absolute atomic E-state index is 13.8.